The van der Waals surface area contributed by atoms with E-state index in [9.17, 15) is 9.90 Å². The van der Waals surface area contributed by atoms with Crippen molar-refractivity contribution in [3.05, 3.63) is 75.9 Å². The molecule has 0 bridgehead atoms. The highest BCUT2D eigenvalue weighted by Crippen LogP contribution is 2.49. The Morgan fingerprint density at radius 2 is 1.96 bits per heavy atom. The first-order chi connectivity index (χ1) is 22.9. The average Bonchev–Trinajstić information content (AvgIpc) is 3.87. The second kappa shape index (κ2) is 12.5. The number of ether oxygens (including phenoxy) is 1. The molecule has 47 heavy (non-hydrogen) atoms. The molecule has 1 saturated carbocycles. The van der Waals surface area contributed by atoms with Gasteiger partial charge in [-0.1, -0.05) is 35.3 Å². The maximum atomic E-state index is 13.7. The van der Waals surface area contributed by atoms with E-state index in [-0.39, 0.29) is 12.0 Å². The number of amides is 1. The van der Waals surface area contributed by atoms with Gasteiger partial charge in [0.2, 0.25) is 0 Å². The molecule has 2 N–H and O–H groups in total. The van der Waals surface area contributed by atoms with E-state index in [4.69, 9.17) is 33.0 Å². The zero-order valence-electron chi connectivity index (χ0n) is 25.7. The van der Waals surface area contributed by atoms with Crippen LogP contribution in [-0.4, -0.2) is 72.6 Å². The van der Waals surface area contributed by atoms with Gasteiger partial charge in [-0.15, -0.1) is 11.3 Å². The zero-order chi connectivity index (χ0) is 32.1. The third kappa shape index (κ3) is 5.93. The number of aryl methyl sites for hydroxylation is 1. The predicted octanol–water partition coefficient (Wildman–Crippen LogP) is 6.45. The van der Waals surface area contributed by atoms with Crippen molar-refractivity contribution in [2.45, 2.75) is 57.2 Å². The fraction of sp³-hybridized carbons (Fsp3) is 0.412. The number of benzene rings is 2. The Morgan fingerprint density at radius 3 is 2.70 bits per heavy atom. The number of anilines is 1. The summed E-state index contributed by atoms with van der Waals surface area (Å²) in [6.45, 7) is 4.50. The van der Waals surface area contributed by atoms with E-state index >= 15 is 0 Å². The van der Waals surface area contributed by atoms with Crippen molar-refractivity contribution in [1.82, 2.24) is 29.2 Å². The molecule has 1 amide bonds. The number of likely N-dealkylation sites (tertiary alicyclic amines) is 1. The van der Waals surface area contributed by atoms with Crippen LogP contribution in [0.1, 0.15) is 49.5 Å². The second-order valence-corrected chi connectivity index (χ2v) is 14.7. The molecule has 244 valence electrons. The summed E-state index contributed by atoms with van der Waals surface area (Å²) >= 11 is 15.2. The van der Waals surface area contributed by atoms with Crippen LogP contribution in [0.15, 0.2) is 54.4 Å². The molecule has 2 fully saturated rings. The molecule has 1 aliphatic carbocycles. The second-order valence-electron chi connectivity index (χ2n) is 13.0. The lowest BCUT2D eigenvalue weighted by Gasteiger charge is -2.50. The Morgan fingerprint density at radius 1 is 1.15 bits per heavy atom. The van der Waals surface area contributed by atoms with E-state index in [2.05, 4.69) is 24.8 Å². The molecule has 0 radical (unpaired) electrons. The first kappa shape index (κ1) is 30.8. The van der Waals surface area contributed by atoms with Crippen LogP contribution in [0.5, 0.6) is 5.75 Å². The van der Waals surface area contributed by atoms with Crippen LogP contribution < -0.4 is 10.1 Å². The summed E-state index contributed by atoms with van der Waals surface area (Å²) in [5.74, 6) is 0.505. The summed E-state index contributed by atoms with van der Waals surface area (Å²) in [5.41, 5.74) is 4.22. The van der Waals surface area contributed by atoms with E-state index in [1.165, 1.54) is 11.3 Å². The summed E-state index contributed by atoms with van der Waals surface area (Å²) in [7, 11) is 0. The number of halogens is 2. The van der Waals surface area contributed by atoms with Crippen LogP contribution in [0.4, 0.5) is 5.13 Å². The van der Waals surface area contributed by atoms with Gasteiger partial charge in [-0.2, -0.15) is 5.10 Å². The highest BCUT2D eigenvalue weighted by atomic mass is 35.5. The minimum absolute atomic E-state index is 0.0912. The van der Waals surface area contributed by atoms with Crippen LogP contribution in [0.25, 0.3) is 22.0 Å². The van der Waals surface area contributed by atoms with Gasteiger partial charge in [-0.3, -0.25) is 19.7 Å². The minimum Gasteiger partial charge on any atom is -0.492 e. The van der Waals surface area contributed by atoms with E-state index in [0.717, 1.165) is 87.3 Å². The Kier molecular flexibility index (Phi) is 8.21. The molecule has 10 nitrogen and oxygen atoms in total. The number of carbonyl (C=O) groups excluding carboxylic acids is 1. The molecule has 5 heterocycles. The van der Waals surface area contributed by atoms with Crippen LogP contribution >= 0.6 is 34.5 Å². The summed E-state index contributed by atoms with van der Waals surface area (Å²) in [6.07, 6.45) is 11.2. The lowest BCUT2D eigenvalue weighted by atomic mass is 9.61. The van der Waals surface area contributed by atoms with Gasteiger partial charge < -0.3 is 14.4 Å². The van der Waals surface area contributed by atoms with Gasteiger partial charge in [-0.05, 0) is 80.8 Å². The van der Waals surface area contributed by atoms with Gasteiger partial charge in [-0.25, -0.2) is 9.97 Å². The van der Waals surface area contributed by atoms with Crippen molar-refractivity contribution in [3.8, 4) is 16.9 Å². The average molecular weight is 693 g/mol. The van der Waals surface area contributed by atoms with Gasteiger partial charge >= 0.3 is 0 Å². The molecule has 5 aromatic rings. The third-order valence-corrected chi connectivity index (χ3v) is 11.4. The normalized spacial score (nSPS) is 18.4. The lowest BCUT2D eigenvalue weighted by molar-refractivity contribution is -0.118. The van der Waals surface area contributed by atoms with Crippen LogP contribution in [0.3, 0.4) is 0 Å². The topological polar surface area (TPSA) is 110 Å². The Labute approximate surface area is 286 Å². The number of thiazole rings is 1. The lowest BCUT2D eigenvalue weighted by Crippen LogP contribution is -2.49. The number of aliphatic hydroxyl groups excluding tert-OH is 1. The number of fused-ring (bicyclic) bond motifs is 2. The molecule has 1 saturated heterocycles. The molecule has 13 heteroatoms. The van der Waals surface area contributed by atoms with Crippen molar-refractivity contribution in [1.29, 1.82) is 0 Å². The van der Waals surface area contributed by atoms with Crippen LogP contribution in [0.2, 0.25) is 10.0 Å². The highest BCUT2D eigenvalue weighted by Gasteiger charge is 2.44. The molecule has 1 unspecified atom stereocenters. The third-order valence-electron chi connectivity index (χ3n) is 10.0. The number of imidazole rings is 1. The Hall–Kier alpha value is -3.48. The van der Waals surface area contributed by atoms with Gasteiger partial charge in [0.25, 0.3) is 5.91 Å². The monoisotopic (exact) mass is 691 g/mol. The Balaban J connectivity index is 1.00. The maximum Gasteiger partial charge on any atom is 0.257 e. The fourth-order valence-corrected chi connectivity index (χ4v) is 8.53. The summed E-state index contributed by atoms with van der Waals surface area (Å²) in [4.78, 5) is 25.1. The van der Waals surface area contributed by atoms with Gasteiger partial charge in [0.15, 0.2) is 11.2 Å². The first-order valence-electron chi connectivity index (χ1n) is 16.1. The van der Waals surface area contributed by atoms with Gasteiger partial charge in [0.05, 0.1) is 28.2 Å². The van der Waals surface area contributed by atoms with Crippen LogP contribution in [-0.2, 0) is 17.8 Å². The number of nitrogens with zero attached hydrogens (tertiary/aromatic N) is 6. The van der Waals surface area contributed by atoms with E-state index in [1.54, 1.807) is 23.4 Å². The molecular weight excluding hydrogens is 657 g/mol. The molecular formula is C34H35Cl2N7O3S. The minimum atomic E-state index is -0.829. The predicted molar refractivity (Wildman–Crippen MR) is 183 cm³/mol. The summed E-state index contributed by atoms with van der Waals surface area (Å²) < 4.78 is 9.80. The van der Waals surface area contributed by atoms with Crippen molar-refractivity contribution in [3.63, 3.8) is 0 Å². The molecule has 2 aliphatic heterocycles. The SMILES string of the molecule is O=C(Nc1nccs1)C(c1ncn2c1CCC2)n1cc2c(Cl)cc(-c3ccc(OCCN4CCC5(CC4)CC(O)C5)cc3)c(Cl)c2n1. The van der Waals surface area contributed by atoms with Gasteiger partial charge in [0, 0.05) is 47.5 Å². The summed E-state index contributed by atoms with van der Waals surface area (Å²) in [6, 6.07) is 8.85. The van der Waals surface area contributed by atoms with Crippen molar-refractivity contribution in [2.24, 2.45) is 5.41 Å². The molecule has 8 rings (SSSR count). The quantitative estimate of drug-likeness (QED) is 0.183. The van der Waals surface area contributed by atoms with Gasteiger partial charge in [0.1, 0.15) is 17.9 Å². The number of hydrogen-bond donors (Lipinski definition) is 2. The fourth-order valence-electron chi connectivity index (χ4n) is 7.45. The van der Waals surface area contributed by atoms with Crippen LogP contribution in [0, 0.1) is 5.41 Å². The number of piperidine rings is 1. The van der Waals surface area contributed by atoms with E-state index in [0.29, 0.717) is 43.8 Å². The number of rotatable bonds is 9. The molecule has 2 aromatic carbocycles. The number of aromatic nitrogens is 5. The largest absolute Gasteiger partial charge is 0.492 e. The van der Waals surface area contributed by atoms with E-state index < -0.39 is 6.04 Å². The smallest absolute Gasteiger partial charge is 0.257 e. The maximum absolute atomic E-state index is 13.7. The number of nitrogens with one attached hydrogen (secondary N) is 1. The standard InChI is InChI=1S/C34H35Cl2N7O3S/c35-26-16-24(21-3-5-23(6-4-21)46-14-13-41-11-7-34(8-12-41)17-22(44)18-34)28(36)29-25(26)19-43(40-29)31(32(45)39-33-37-9-15-47-33)30-27-2-1-10-42(27)20-38-30/h3-6,9,15-16,19-20,22,31,44H,1-2,7-8,10-14,17-18H2,(H,37,39,45). The first-order valence-corrected chi connectivity index (χ1v) is 17.7. The molecule has 1 spiro atoms. The number of aliphatic hydroxyl groups is 1. The van der Waals surface area contributed by atoms with E-state index in [1.807, 2.05) is 35.7 Å². The molecule has 1 atom stereocenters. The zero-order valence-corrected chi connectivity index (χ0v) is 28.1. The van der Waals surface area contributed by atoms with Crippen molar-refractivity contribution in [2.75, 3.05) is 31.6 Å². The Bertz CT molecular complexity index is 1910. The highest BCUT2D eigenvalue weighted by molar-refractivity contribution is 7.13. The summed E-state index contributed by atoms with van der Waals surface area (Å²) in [5, 5.41) is 21.4. The van der Waals surface area contributed by atoms with Crippen molar-refractivity contribution < 1.29 is 14.6 Å². The molecule has 3 aromatic heterocycles. The molecule has 3 aliphatic rings. The van der Waals surface area contributed by atoms with Crippen molar-refractivity contribution >= 4 is 56.5 Å². The number of hydrogen-bond acceptors (Lipinski definition) is 8. The number of carbonyl (C=O) groups is 1.